The molecule has 0 fully saturated rings. The van der Waals surface area contributed by atoms with Crippen LogP contribution in [0.3, 0.4) is 0 Å². The highest BCUT2D eigenvalue weighted by atomic mass is 16.4. The Morgan fingerprint density at radius 1 is 1.50 bits per heavy atom. The van der Waals surface area contributed by atoms with E-state index in [4.69, 9.17) is 5.11 Å². The summed E-state index contributed by atoms with van der Waals surface area (Å²) in [6.07, 6.45) is 3.95. The maximum absolute atomic E-state index is 10.2. The van der Waals surface area contributed by atoms with Crippen molar-refractivity contribution in [3.8, 4) is 0 Å². The van der Waals surface area contributed by atoms with E-state index in [1.165, 1.54) is 5.56 Å². The first kappa shape index (κ1) is 8.71. The summed E-state index contributed by atoms with van der Waals surface area (Å²) < 4.78 is 1.86. The van der Waals surface area contributed by atoms with Gasteiger partial charge in [-0.15, -0.1) is 0 Å². The SMILES string of the molecule is Cc1cc[n+](CCC(=O)O)cc1. The van der Waals surface area contributed by atoms with Crippen molar-refractivity contribution in [3.05, 3.63) is 30.1 Å². The Bertz CT molecular complexity index is 266. The zero-order valence-electron chi connectivity index (χ0n) is 7.03. The van der Waals surface area contributed by atoms with E-state index in [2.05, 4.69) is 0 Å². The van der Waals surface area contributed by atoms with Crippen LogP contribution in [0.15, 0.2) is 24.5 Å². The smallest absolute Gasteiger partial charge is 0.309 e. The summed E-state index contributed by atoms with van der Waals surface area (Å²) in [6.45, 7) is 2.54. The lowest BCUT2D eigenvalue weighted by Crippen LogP contribution is -2.33. The van der Waals surface area contributed by atoms with Gasteiger partial charge in [-0.2, -0.15) is 0 Å². The van der Waals surface area contributed by atoms with Crippen molar-refractivity contribution in [2.45, 2.75) is 19.9 Å². The summed E-state index contributed by atoms with van der Waals surface area (Å²) in [6, 6.07) is 3.92. The van der Waals surface area contributed by atoms with Gasteiger partial charge in [0, 0.05) is 12.1 Å². The first-order valence-corrected chi connectivity index (χ1v) is 3.86. The summed E-state index contributed by atoms with van der Waals surface area (Å²) in [7, 11) is 0. The van der Waals surface area contributed by atoms with Gasteiger partial charge in [-0.05, 0) is 12.5 Å². The average molecular weight is 166 g/mol. The van der Waals surface area contributed by atoms with Crippen molar-refractivity contribution >= 4 is 5.97 Å². The quantitative estimate of drug-likeness (QED) is 0.673. The minimum absolute atomic E-state index is 0.174. The van der Waals surface area contributed by atoms with Gasteiger partial charge in [-0.25, -0.2) is 4.57 Å². The molecule has 0 radical (unpaired) electrons. The molecule has 1 N–H and O–H groups in total. The lowest BCUT2D eigenvalue weighted by molar-refractivity contribution is -0.696. The number of carboxylic acid groups (broad SMARTS) is 1. The van der Waals surface area contributed by atoms with Crippen LogP contribution in [0.2, 0.25) is 0 Å². The lowest BCUT2D eigenvalue weighted by Gasteiger charge is -1.93. The molecule has 0 unspecified atom stereocenters. The average Bonchev–Trinajstić information content (AvgIpc) is 2.03. The minimum Gasteiger partial charge on any atom is -0.481 e. The van der Waals surface area contributed by atoms with Gasteiger partial charge in [0.1, 0.15) is 6.42 Å². The van der Waals surface area contributed by atoms with Crippen LogP contribution in [-0.2, 0) is 11.3 Å². The first-order valence-electron chi connectivity index (χ1n) is 3.86. The van der Waals surface area contributed by atoms with Gasteiger partial charge < -0.3 is 5.11 Å². The summed E-state index contributed by atoms with van der Waals surface area (Å²) in [4.78, 5) is 10.2. The maximum atomic E-state index is 10.2. The van der Waals surface area contributed by atoms with Crippen LogP contribution in [-0.4, -0.2) is 11.1 Å². The van der Waals surface area contributed by atoms with Crippen LogP contribution in [0.4, 0.5) is 0 Å². The Kier molecular flexibility index (Phi) is 2.80. The molecule has 0 amide bonds. The van der Waals surface area contributed by atoms with Crippen LogP contribution in [0.5, 0.6) is 0 Å². The second-order valence-corrected chi connectivity index (χ2v) is 2.76. The van der Waals surface area contributed by atoms with Gasteiger partial charge >= 0.3 is 5.97 Å². The standard InChI is InChI=1S/C9H11NO2/c1-8-2-5-10(6-3-8)7-4-9(11)12/h2-3,5-6H,4,7H2,1H3/p+1. The second-order valence-electron chi connectivity index (χ2n) is 2.76. The summed E-state index contributed by atoms with van der Waals surface area (Å²) in [5.74, 6) is -0.761. The normalized spacial score (nSPS) is 9.75. The molecule has 64 valence electrons. The third kappa shape index (κ3) is 2.70. The molecular formula is C9H12NO2+. The van der Waals surface area contributed by atoms with E-state index in [9.17, 15) is 4.79 Å². The largest absolute Gasteiger partial charge is 0.481 e. The molecule has 3 nitrogen and oxygen atoms in total. The van der Waals surface area contributed by atoms with Gasteiger partial charge in [-0.3, -0.25) is 4.79 Å². The number of hydrogen-bond acceptors (Lipinski definition) is 1. The molecule has 1 rings (SSSR count). The van der Waals surface area contributed by atoms with Crippen LogP contribution < -0.4 is 4.57 Å². The molecule has 0 aliphatic rings. The highest BCUT2D eigenvalue weighted by Crippen LogP contribution is 1.90. The van der Waals surface area contributed by atoms with E-state index in [0.717, 1.165) is 0 Å². The number of aromatic nitrogens is 1. The van der Waals surface area contributed by atoms with Gasteiger partial charge in [0.25, 0.3) is 0 Å². The van der Waals surface area contributed by atoms with Crippen molar-refractivity contribution in [2.24, 2.45) is 0 Å². The van der Waals surface area contributed by atoms with Crippen molar-refractivity contribution < 1.29 is 14.5 Å². The summed E-state index contributed by atoms with van der Waals surface area (Å²) in [5, 5.41) is 8.42. The fourth-order valence-corrected chi connectivity index (χ4v) is 0.906. The molecule has 0 aliphatic carbocycles. The number of carboxylic acids is 1. The van der Waals surface area contributed by atoms with Crippen molar-refractivity contribution in [1.29, 1.82) is 0 Å². The zero-order chi connectivity index (χ0) is 8.97. The van der Waals surface area contributed by atoms with E-state index in [-0.39, 0.29) is 6.42 Å². The first-order chi connectivity index (χ1) is 5.68. The maximum Gasteiger partial charge on any atom is 0.309 e. The van der Waals surface area contributed by atoms with Gasteiger partial charge in [-0.1, -0.05) is 0 Å². The van der Waals surface area contributed by atoms with E-state index >= 15 is 0 Å². The fourth-order valence-electron chi connectivity index (χ4n) is 0.906. The fraction of sp³-hybridized carbons (Fsp3) is 0.333. The summed E-state index contributed by atoms with van der Waals surface area (Å²) >= 11 is 0. The van der Waals surface area contributed by atoms with Crippen LogP contribution in [0.1, 0.15) is 12.0 Å². The van der Waals surface area contributed by atoms with E-state index < -0.39 is 5.97 Å². The number of pyridine rings is 1. The summed E-state index contributed by atoms with van der Waals surface area (Å²) in [5.41, 5.74) is 1.18. The van der Waals surface area contributed by atoms with Crippen molar-refractivity contribution in [2.75, 3.05) is 0 Å². The Labute approximate surface area is 71.3 Å². The molecule has 1 aromatic heterocycles. The molecule has 0 aliphatic heterocycles. The third-order valence-corrected chi connectivity index (χ3v) is 1.64. The molecule has 0 atom stereocenters. The number of rotatable bonds is 3. The molecule has 0 aromatic carbocycles. The Hall–Kier alpha value is -1.38. The predicted molar refractivity (Wildman–Crippen MR) is 43.6 cm³/mol. The van der Waals surface area contributed by atoms with E-state index in [1.807, 2.05) is 36.0 Å². The molecule has 0 spiro atoms. The topological polar surface area (TPSA) is 41.2 Å². The monoisotopic (exact) mass is 166 g/mol. The molecule has 3 heteroatoms. The van der Waals surface area contributed by atoms with Crippen LogP contribution in [0.25, 0.3) is 0 Å². The zero-order valence-corrected chi connectivity index (χ0v) is 7.03. The number of carbonyl (C=O) groups is 1. The molecule has 0 saturated heterocycles. The van der Waals surface area contributed by atoms with Gasteiger partial charge in [0.2, 0.25) is 0 Å². The molecule has 0 bridgehead atoms. The highest BCUT2D eigenvalue weighted by Gasteiger charge is 2.02. The third-order valence-electron chi connectivity index (χ3n) is 1.64. The van der Waals surface area contributed by atoms with Crippen molar-refractivity contribution in [1.82, 2.24) is 0 Å². The van der Waals surface area contributed by atoms with Crippen LogP contribution >= 0.6 is 0 Å². The minimum atomic E-state index is -0.761. The van der Waals surface area contributed by atoms with Gasteiger partial charge in [0.05, 0.1) is 0 Å². The molecule has 1 aromatic rings. The lowest BCUT2D eigenvalue weighted by atomic mass is 10.3. The molecular weight excluding hydrogens is 154 g/mol. The number of aryl methyl sites for hydroxylation is 2. The van der Waals surface area contributed by atoms with Crippen molar-refractivity contribution in [3.63, 3.8) is 0 Å². The molecule has 1 heterocycles. The van der Waals surface area contributed by atoms with Crippen LogP contribution in [0, 0.1) is 6.92 Å². The van der Waals surface area contributed by atoms with E-state index in [0.29, 0.717) is 6.54 Å². The predicted octanol–water partition coefficient (Wildman–Crippen LogP) is 0.757. The molecule has 12 heavy (non-hydrogen) atoms. The number of nitrogens with zero attached hydrogens (tertiary/aromatic N) is 1. The Morgan fingerprint density at radius 2 is 2.08 bits per heavy atom. The highest BCUT2D eigenvalue weighted by molar-refractivity contribution is 5.66. The Balaban J connectivity index is 2.53. The molecule has 0 saturated carbocycles. The number of hydrogen-bond donors (Lipinski definition) is 1. The Morgan fingerprint density at radius 3 is 2.58 bits per heavy atom. The second kappa shape index (κ2) is 3.85. The van der Waals surface area contributed by atoms with E-state index in [1.54, 1.807) is 0 Å². The number of aliphatic carboxylic acids is 1. The van der Waals surface area contributed by atoms with Gasteiger partial charge in [0.15, 0.2) is 18.9 Å².